The molecule has 4 nitrogen and oxygen atoms in total. The lowest BCUT2D eigenvalue weighted by Crippen LogP contribution is -2.25. The highest BCUT2D eigenvalue weighted by Gasteiger charge is 2.27. The van der Waals surface area contributed by atoms with Crippen LogP contribution in [0.1, 0.15) is 25.3 Å². The highest BCUT2D eigenvalue weighted by Crippen LogP contribution is 2.33. The molecule has 4 heteroatoms. The van der Waals surface area contributed by atoms with Gasteiger partial charge in [0.2, 0.25) is 0 Å². The standard InChI is InChI=1S/C20H21N3O/c1-2-3-13-22-14-11-17-18(22)16-10-7-12-21-19(16)23(20(17)24)15-8-5-4-6-9-15/h4-10,12H,2-3,11,13-14H2,1H3. The maximum Gasteiger partial charge on any atom is 0.262 e. The van der Waals surface area contributed by atoms with Crippen LogP contribution in [0, 0.1) is 0 Å². The fourth-order valence-electron chi connectivity index (χ4n) is 3.59. The van der Waals surface area contributed by atoms with Crippen molar-refractivity contribution in [2.45, 2.75) is 26.2 Å². The molecule has 0 saturated carbocycles. The highest BCUT2D eigenvalue weighted by molar-refractivity contribution is 5.93. The summed E-state index contributed by atoms with van der Waals surface area (Å²) in [7, 11) is 0. The first-order valence-corrected chi connectivity index (χ1v) is 8.64. The lowest BCUT2D eigenvalue weighted by atomic mass is 10.1. The zero-order valence-electron chi connectivity index (χ0n) is 13.9. The van der Waals surface area contributed by atoms with E-state index in [9.17, 15) is 4.79 Å². The van der Waals surface area contributed by atoms with Crippen LogP contribution in [0.3, 0.4) is 0 Å². The van der Waals surface area contributed by atoms with Gasteiger partial charge in [0.1, 0.15) is 5.65 Å². The third kappa shape index (κ3) is 2.30. The van der Waals surface area contributed by atoms with Crippen molar-refractivity contribution in [2.24, 2.45) is 0 Å². The molecular weight excluding hydrogens is 298 g/mol. The maximum absolute atomic E-state index is 13.2. The zero-order chi connectivity index (χ0) is 16.5. The Labute approximate surface area is 141 Å². The number of para-hydroxylation sites is 1. The summed E-state index contributed by atoms with van der Waals surface area (Å²) in [6.45, 7) is 4.12. The van der Waals surface area contributed by atoms with Gasteiger partial charge in [-0.3, -0.25) is 9.36 Å². The van der Waals surface area contributed by atoms with Gasteiger partial charge in [-0.2, -0.15) is 0 Å². The Hall–Kier alpha value is -2.62. The van der Waals surface area contributed by atoms with E-state index in [0.717, 1.165) is 60.3 Å². The number of anilines is 1. The van der Waals surface area contributed by atoms with Crippen LogP contribution in [-0.2, 0) is 6.42 Å². The van der Waals surface area contributed by atoms with Crippen molar-refractivity contribution < 1.29 is 0 Å². The van der Waals surface area contributed by atoms with Gasteiger partial charge in [0, 0.05) is 30.2 Å². The molecule has 0 N–H and O–H groups in total. The Kier molecular flexibility index (Phi) is 3.81. The molecule has 0 radical (unpaired) electrons. The second-order valence-electron chi connectivity index (χ2n) is 6.27. The smallest absolute Gasteiger partial charge is 0.262 e. The van der Waals surface area contributed by atoms with Crippen LogP contribution in [-0.4, -0.2) is 22.6 Å². The summed E-state index contributed by atoms with van der Waals surface area (Å²) >= 11 is 0. The van der Waals surface area contributed by atoms with E-state index in [2.05, 4.69) is 22.9 Å². The average molecular weight is 319 g/mol. The number of pyridine rings is 2. The van der Waals surface area contributed by atoms with E-state index in [0.29, 0.717) is 0 Å². The number of aromatic nitrogens is 2. The summed E-state index contributed by atoms with van der Waals surface area (Å²) in [4.78, 5) is 20.1. The predicted molar refractivity (Wildman–Crippen MR) is 98.2 cm³/mol. The van der Waals surface area contributed by atoms with Gasteiger partial charge in [-0.1, -0.05) is 31.5 Å². The Morgan fingerprint density at radius 2 is 1.96 bits per heavy atom. The first-order chi connectivity index (χ1) is 11.8. The van der Waals surface area contributed by atoms with Crippen molar-refractivity contribution >= 4 is 16.7 Å². The second kappa shape index (κ2) is 6.11. The average Bonchev–Trinajstić information content (AvgIpc) is 3.06. The monoisotopic (exact) mass is 319 g/mol. The van der Waals surface area contributed by atoms with Crippen LogP contribution in [0.5, 0.6) is 0 Å². The fourth-order valence-corrected chi connectivity index (χ4v) is 3.59. The summed E-state index contributed by atoms with van der Waals surface area (Å²) in [5.74, 6) is 0. The van der Waals surface area contributed by atoms with Crippen LogP contribution < -0.4 is 10.5 Å². The molecule has 1 aliphatic rings. The number of rotatable bonds is 4. The minimum Gasteiger partial charge on any atom is -0.370 e. The zero-order valence-corrected chi connectivity index (χ0v) is 13.9. The molecule has 0 bridgehead atoms. The van der Waals surface area contributed by atoms with Gasteiger partial charge < -0.3 is 4.90 Å². The number of fused-ring (bicyclic) bond motifs is 3. The molecule has 0 unspecified atom stereocenters. The molecule has 1 aliphatic heterocycles. The molecule has 3 heterocycles. The Morgan fingerprint density at radius 3 is 2.75 bits per heavy atom. The van der Waals surface area contributed by atoms with E-state index < -0.39 is 0 Å². The largest absolute Gasteiger partial charge is 0.370 e. The predicted octanol–water partition coefficient (Wildman–Crippen LogP) is 3.55. The number of benzene rings is 1. The van der Waals surface area contributed by atoms with E-state index in [1.54, 1.807) is 10.8 Å². The van der Waals surface area contributed by atoms with Crippen LogP contribution in [0.25, 0.3) is 16.7 Å². The lowest BCUT2D eigenvalue weighted by Gasteiger charge is -2.21. The van der Waals surface area contributed by atoms with Crippen LogP contribution in [0.2, 0.25) is 0 Å². The molecule has 2 aromatic heterocycles. The van der Waals surface area contributed by atoms with Gasteiger partial charge in [-0.05, 0) is 37.1 Å². The van der Waals surface area contributed by atoms with Gasteiger partial charge in [-0.15, -0.1) is 0 Å². The molecule has 0 atom stereocenters. The van der Waals surface area contributed by atoms with Gasteiger partial charge in [0.05, 0.1) is 11.4 Å². The minimum atomic E-state index is 0.0707. The van der Waals surface area contributed by atoms with Gasteiger partial charge in [0.25, 0.3) is 5.56 Å². The normalized spacial score (nSPS) is 13.5. The van der Waals surface area contributed by atoms with E-state index in [1.165, 1.54) is 0 Å². The fraction of sp³-hybridized carbons (Fsp3) is 0.300. The summed E-state index contributed by atoms with van der Waals surface area (Å²) < 4.78 is 1.76. The quantitative estimate of drug-likeness (QED) is 0.738. The van der Waals surface area contributed by atoms with Crippen molar-refractivity contribution in [1.29, 1.82) is 0 Å². The molecule has 0 spiro atoms. The number of nitrogens with zero attached hydrogens (tertiary/aromatic N) is 3. The van der Waals surface area contributed by atoms with Gasteiger partial charge in [-0.25, -0.2) is 4.98 Å². The van der Waals surface area contributed by atoms with Crippen LogP contribution in [0.15, 0.2) is 53.5 Å². The molecule has 122 valence electrons. The summed E-state index contributed by atoms with van der Waals surface area (Å²) in [5.41, 5.74) is 3.72. The molecule has 0 aliphatic carbocycles. The maximum atomic E-state index is 13.2. The van der Waals surface area contributed by atoms with E-state index in [1.807, 2.05) is 36.4 Å². The molecule has 0 fully saturated rings. The van der Waals surface area contributed by atoms with E-state index in [-0.39, 0.29) is 5.56 Å². The third-order valence-corrected chi connectivity index (χ3v) is 4.74. The van der Waals surface area contributed by atoms with E-state index >= 15 is 0 Å². The first-order valence-electron chi connectivity index (χ1n) is 8.64. The first kappa shape index (κ1) is 14.9. The Bertz CT molecular complexity index is 931. The molecule has 1 aromatic carbocycles. The minimum absolute atomic E-state index is 0.0707. The van der Waals surface area contributed by atoms with Crippen molar-refractivity contribution in [3.63, 3.8) is 0 Å². The molecule has 0 amide bonds. The SMILES string of the molecule is CCCCN1CCc2c1c1cccnc1n(-c1ccccc1)c2=O. The van der Waals surface area contributed by atoms with Crippen molar-refractivity contribution in [3.05, 3.63) is 64.6 Å². The topological polar surface area (TPSA) is 38.1 Å². The Balaban J connectivity index is 2.00. The Morgan fingerprint density at radius 1 is 1.12 bits per heavy atom. The van der Waals surface area contributed by atoms with E-state index in [4.69, 9.17) is 0 Å². The lowest BCUT2D eigenvalue weighted by molar-refractivity contribution is 0.737. The molecular formula is C20H21N3O. The summed E-state index contributed by atoms with van der Waals surface area (Å²) in [5, 5.41) is 1.07. The van der Waals surface area contributed by atoms with Crippen LogP contribution >= 0.6 is 0 Å². The molecule has 4 rings (SSSR count). The van der Waals surface area contributed by atoms with Crippen LogP contribution in [0.4, 0.5) is 5.69 Å². The van der Waals surface area contributed by atoms with Gasteiger partial charge >= 0.3 is 0 Å². The summed E-state index contributed by atoms with van der Waals surface area (Å²) in [6.07, 6.45) is 4.88. The van der Waals surface area contributed by atoms with Crippen molar-refractivity contribution in [1.82, 2.24) is 9.55 Å². The number of hydrogen-bond donors (Lipinski definition) is 0. The number of unbranched alkanes of at least 4 members (excludes halogenated alkanes) is 1. The highest BCUT2D eigenvalue weighted by atomic mass is 16.1. The van der Waals surface area contributed by atoms with Crippen molar-refractivity contribution in [2.75, 3.05) is 18.0 Å². The molecule has 3 aromatic rings. The molecule has 0 saturated heterocycles. The third-order valence-electron chi connectivity index (χ3n) is 4.74. The van der Waals surface area contributed by atoms with Gasteiger partial charge in [0.15, 0.2) is 0 Å². The number of hydrogen-bond acceptors (Lipinski definition) is 3. The molecule has 24 heavy (non-hydrogen) atoms. The van der Waals surface area contributed by atoms with Crippen molar-refractivity contribution in [3.8, 4) is 5.69 Å². The second-order valence-corrected chi connectivity index (χ2v) is 6.27. The summed E-state index contributed by atoms with van der Waals surface area (Å²) in [6, 6.07) is 13.8.